The molecule has 0 aliphatic carbocycles. The molecule has 1 saturated heterocycles. The first-order valence-electron chi connectivity index (χ1n) is 10.1. The number of rotatable bonds is 8. The Bertz CT molecular complexity index is 859. The lowest BCUT2D eigenvalue weighted by Gasteiger charge is -2.35. The third kappa shape index (κ3) is 5.03. The van der Waals surface area contributed by atoms with Crippen molar-refractivity contribution in [3.05, 3.63) is 53.6 Å². The van der Waals surface area contributed by atoms with Crippen molar-refractivity contribution in [2.45, 2.75) is 38.3 Å². The number of piperidine rings is 1. The summed E-state index contributed by atoms with van der Waals surface area (Å²) in [7, 11) is 3.05. The molecule has 0 aromatic heterocycles. The van der Waals surface area contributed by atoms with E-state index in [1.54, 1.807) is 17.0 Å². The second-order valence-corrected chi connectivity index (χ2v) is 7.30. The number of amides is 2. The molecule has 0 bridgehead atoms. The first-order valence-corrected chi connectivity index (χ1v) is 10.1. The fourth-order valence-corrected chi connectivity index (χ4v) is 3.75. The number of methoxy groups -OCH3 is 2. The quantitative estimate of drug-likeness (QED) is 0.719. The van der Waals surface area contributed by atoms with Gasteiger partial charge in [0, 0.05) is 24.6 Å². The number of carbonyl (C=O) groups is 2. The van der Waals surface area contributed by atoms with Crippen LogP contribution < -0.4 is 19.9 Å². The molecule has 2 aromatic rings. The Hall–Kier alpha value is -3.22. The molecule has 0 saturated carbocycles. The molecule has 1 heterocycles. The van der Waals surface area contributed by atoms with Crippen LogP contribution in [0.2, 0.25) is 0 Å². The van der Waals surface area contributed by atoms with Crippen molar-refractivity contribution in [1.82, 2.24) is 4.90 Å². The van der Waals surface area contributed by atoms with Crippen LogP contribution in [0.4, 0.5) is 0 Å². The number of hydrogen-bond donors (Lipinski definition) is 1. The number of nitrogens with zero attached hydrogens (tertiary/aromatic N) is 1. The fourth-order valence-electron chi connectivity index (χ4n) is 3.75. The van der Waals surface area contributed by atoms with E-state index in [4.69, 9.17) is 19.9 Å². The van der Waals surface area contributed by atoms with Gasteiger partial charge in [-0.1, -0.05) is 30.3 Å². The standard InChI is InChI=1S/C23H28N2O5/c1-28-19-12-17(23(27)25-11-7-6-10-18(25)14-21(24)26)13-20(29-2)22(19)30-15-16-8-4-3-5-9-16/h3-5,8-9,12-13,18H,6-7,10-11,14-15H2,1-2H3,(H2,24,26)/t18-/m1/s1. The topological polar surface area (TPSA) is 91.1 Å². The van der Waals surface area contributed by atoms with Crippen molar-refractivity contribution in [3.8, 4) is 17.2 Å². The minimum atomic E-state index is -0.403. The van der Waals surface area contributed by atoms with Gasteiger partial charge in [0.15, 0.2) is 11.5 Å². The zero-order valence-corrected chi connectivity index (χ0v) is 17.4. The lowest BCUT2D eigenvalue weighted by atomic mass is 9.97. The highest BCUT2D eigenvalue weighted by molar-refractivity contribution is 5.96. The fraction of sp³-hybridized carbons (Fsp3) is 0.391. The van der Waals surface area contributed by atoms with Crippen molar-refractivity contribution in [3.63, 3.8) is 0 Å². The largest absolute Gasteiger partial charge is 0.493 e. The summed E-state index contributed by atoms with van der Waals surface area (Å²) in [4.78, 5) is 26.4. The normalized spacial score (nSPS) is 16.1. The van der Waals surface area contributed by atoms with Crippen LogP contribution in [0.25, 0.3) is 0 Å². The zero-order chi connectivity index (χ0) is 21.5. The van der Waals surface area contributed by atoms with Crippen LogP contribution in [-0.2, 0) is 11.4 Å². The summed E-state index contributed by atoms with van der Waals surface area (Å²) in [6, 6.07) is 12.9. The van der Waals surface area contributed by atoms with Crippen LogP contribution in [-0.4, -0.2) is 43.5 Å². The lowest BCUT2D eigenvalue weighted by Crippen LogP contribution is -2.45. The molecule has 1 atom stereocenters. The average Bonchev–Trinajstić information content (AvgIpc) is 2.77. The molecule has 1 aliphatic rings. The molecule has 1 aliphatic heterocycles. The first-order chi connectivity index (χ1) is 14.5. The Balaban J connectivity index is 1.86. The smallest absolute Gasteiger partial charge is 0.254 e. The van der Waals surface area contributed by atoms with Gasteiger partial charge in [-0.05, 0) is 37.0 Å². The van der Waals surface area contributed by atoms with Gasteiger partial charge in [-0.25, -0.2) is 0 Å². The third-order valence-corrected chi connectivity index (χ3v) is 5.26. The van der Waals surface area contributed by atoms with Crippen molar-refractivity contribution in [2.75, 3.05) is 20.8 Å². The summed E-state index contributed by atoms with van der Waals surface area (Å²) in [5, 5.41) is 0. The van der Waals surface area contributed by atoms with Gasteiger partial charge in [-0.15, -0.1) is 0 Å². The van der Waals surface area contributed by atoms with Crippen LogP contribution in [0, 0.1) is 0 Å². The first kappa shape index (κ1) is 21.5. The molecule has 3 rings (SSSR count). The number of hydrogen-bond acceptors (Lipinski definition) is 5. The van der Waals surface area contributed by atoms with Gasteiger partial charge in [0.05, 0.1) is 14.2 Å². The van der Waals surface area contributed by atoms with Gasteiger partial charge >= 0.3 is 0 Å². The molecule has 0 radical (unpaired) electrons. The minimum absolute atomic E-state index is 0.165. The van der Waals surface area contributed by atoms with E-state index in [0.29, 0.717) is 36.0 Å². The predicted octanol–water partition coefficient (Wildman–Crippen LogP) is 3.15. The number of benzene rings is 2. The summed E-state index contributed by atoms with van der Waals surface area (Å²) in [6.07, 6.45) is 2.80. The van der Waals surface area contributed by atoms with Crippen molar-refractivity contribution in [2.24, 2.45) is 5.73 Å². The van der Waals surface area contributed by atoms with Gasteiger partial charge in [-0.3, -0.25) is 9.59 Å². The van der Waals surface area contributed by atoms with Crippen LogP contribution in [0.5, 0.6) is 17.2 Å². The van der Waals surface area contributed by atoms with Gasteiger partial charge in [-0.2, -0.15) is 0 Å². The molecule has 1 fully saturated rings. The SMILES string of the molecule is COc1cc(C(=O)N2CCCC[C@@H]2CC(N)=O)cc(OC)c1OCc1ccccc1. The summed E-state index contributed by atoms with van der Waals surface area (Å²) in [5.74, 6) is 0.689. The molecule has 0 spiro atoms. The maximum Gasteiger partial charge on any atom is 0.254 e. The molecular formula is C23H28N2O5. The van der Waals surface area contributed by atoms with Gasteiger partial charge < -0.3 is 24.8 Å². The second kappa shape index (κ2) is 10.0. The summed E-state index contributed by atoms with van der Waals surface area (Å²) >= 11 is 0. The van der Waals surface area contributed by atoms with E-state index in [2.05, 4.69) is 0 Å². The van der Waals surface area contributed by atoms with E-state index < -0.39 is 5.91 Å². The Morgan fingerprint density at radius 2 is 1.73 bits per heavy atom. The third-order valence-electron chi connectivity index (χ3n) is 5.26. The van der Waals surface area contributed by atoms with Gasteiger partial charge in [0.1, 0.15) is 6.61 Å². The van der Waals surface area contributed by atoms with Crippen LogP contribution in [0.3, 0.4) is 0 Å². The predicted molar refractivity (Wildman–Crippen MR) is 113 cm³/mol. The van der Waals surface area contributed by atoms with E-state index in [-0.39, 0.29) is 18.4 Å². The molecule has 2 aromatic carbocycles. The zero-order valence-electron chi connectivity index (χ0n) is 17.4. The molecule has 7 nitrogen and oxygen atoms in total. The van der Waals surface area contributed by atoms with Crippen molar-refractivity contribution < 1.29 is 23.8 Å². The number of carbonyl (C=O) groups excluding carboxylic acids is 2. The van der Waals surface area contributed by atoms with E-state index in [1.165, 1.54) is 14.2 Å². The number of likely N-dealkylation sites (tertiary alicyclic amines) is 1. The Labute approximate surface area is 176 Å². The summed E-state index contributed by atoms with van der Waals surface area (Å²) < 4.78 is 16.9. The van der Waals surface area contributed by atoms with Gasteiger partial charge in [0.2, 0.25) is 11.7 Å². The highest BCUT2D eigenvalue weighted by Crippen LogP contribution is 2.39. The lowest BCUT2D eigenvalue weighted by molar-refractivity contribution is -0.119. The summed E-state index contributed by atoms with van der Waals surface area (Å²) in [5.41, 5.74) is 6.81. The maximum absolute atomic E-state index is 13.2. The number of primary amides is 1. The minimum Gasteiger partial charge on any atom is -0.493 e. The second-order valence-electron chi connectivity index (χ2n) is 7.30. The highest BCUT2D eigenvalue weighted by atomic mass is 16.5. The number of nitrogens with two attached hydrogens (primary N) is 1. The van der Waals surface area contributed by atoms with Gasteiger partial charge in [0.25, 0.3) is 5.91 Å². The molecule has 2 N–H and O–H groups in total. The van der Waals surface area contributed by atoms with E-state index in [0.717, 1.165) is 24.8 Å². The molecular weight excluding hydrogens is 384 g/mol. The molecule has 2 amide bonds. The van der Waals surface area contributed by atoms with E-state index >= 15 is 0 Å². The van der Waals surface area contributed by atoms with Crippen LogP contribution >= 0.6 is 0 Å². The Morgan fingerprint density at radius 3 is 2.33 bits per heavy atom. The highest BCUT2D eigenvalue weighted by Gasteiger charge is 2.30. The molecule has 30 heavy (non-hydrogen) atoms. The van der Waals surface area contributed by atoms with Crippen LogP contribution in [0.15, 0.2) is 42.5 Å². The van der Waals surface area contributed by atoms with E-state index in [1.807, 2.05) is 30.3 Å². The maximum atomic E-state index is 13.2. The Morgan fingerprint density at radius 1 is 1.07 bits per heavy atom. The molecule has 7 heteroatoms. The van der Waals surface area contributed by atoms with Crippen molar-refractivity contribution in [1.29, 1.82) is 0 Å². The van der Waals surface area contributed by atoms with Crippen LogP contribution in [0.1, 0.15) is 41.6 Å². The number of ether oxygens (including phenoxy) is 3. The van der Waals surface area contributed by atoms with E-state index in [9.17, 15) is 9.59 Å². The summed E-state index contributed by atoms with van der Waals surface area (Å²) in [6.45, 7) is 0.932. The average molecular weight is 412 g/mol. The Kier molecular flexibility index (Phi) is 7.17. The molecule has 0 unspecified atom stereocenters. The monoisotopic (exact) mass is 412 g/mol. The van der Waals surface area contributed by atoms with Crippen molar-refractivity contribution >= 4 is 11.8 Å². The molecule has 160 valence electrons.